The first kappa shape index (κ1) is 24.0. The Morgan fingerprint density at radius 2 is 2.09 bits per heavy atom. The van der Waals surface area contributed by atoms with Crippen LogP contribution in [-0.4, -0.2) is 69.1 Å². The van der Waals surface area contributed by atoms with Crippen molar-refractivity contribution in [1.29, 1.82) is 0 Å². The lowest BCUT2D eigenvalue weighted by Gasteiger charge is -2.29. The van der Waals surface area contributed by atoms with Crippen LogP contribution in [0.3, 0.4) is 0 Å². The normalized spacial score (nSPS) is 17.2. The molecule has 0 spiro atoms. The first-order valence-electron chi connectivity index (χ1n) is 11.3. The van der Waals surface area contributed by atoms with Crippen LogP contribution in [0, 0.1) is 0 Å². The maximum absolute atomic E-state index is 12.9. The van der Waals surface area contributed by atoms with Crippen LogP contribution in [0.15, 0.2) is 24.4 Å². The molecule has 184 valence electrons. The second kappa shape index (κ2) is 10.9. The van der Waals surface area contributed by atoms with Gasteiger partial charge in [0.1, 0.15) is 11.7 Å². The largest absolute Gasteiger partial charge is 0.353 e. The molecule has 35 heavy (non-hydrogen) atoms. The molecular formula is C22H26N8O5. The summed E-state index contributed by atoms with van der Waals surface area (Å²) in [6.07, 6.45) is 3.02. The van der Waals surface area contributed by atoms with Crippen molar-refractivity contribution >= 4 is 35.7 Å². The van der Waals surface area contributed by atoms with E-state index in [0.29, 0.717) is 55.1 Å². The standard InChI is InChI=1S/C22H26N8O5/c31-13-24-10-14-11-29(28-27-14)9-8-23-7-6-20(33)25-17-3-1-2-15-16(17)12-30(22(15)35)18-4-5-19(32)26-21(18)34/h1-3,11,13,18,23H,4-10,12H2,(H,24,31)(H,25,33)(H,26,32,34). The van der Waals surface area contributed by atoms with Crippen molar-refractivity contribution in [1.82, 2.24) is 35.8 Å². The molecule has 0 aliphatic carbocycles. The molecule has 3 heterocycles. The minimum atomic E-state index is -0.706. The van der Waals surface area contributed by atoms with Crippen LogP contribution in [0.5, 0.6) is 0 Å². The number of amides is 5. The number of rotatable bonds is 11. The topological polar surface area (TPSA) is 167 Å². The third-order valence-corrected chi connectivity index (χ3v) is 5.86. The van der Waals surface area contributed by atoms with Crippen molar-refractivity contribution in [2.75, 3.05) is 18.4 Å². The molecule has 2 aliphatic rings. The summed E-state index contributed by atoms with van der Waals surface area (Å²) < 4.78 is 1.65. The minimum Gasteiger partial charge on any atom is -0.353 e. The molecule has 2 aromatic rings. The number of imide groups is 1. The molecule has 2 aliphatic heterocycles. The molecule has 1 fully saturated rings. The lowest BCUT2D eigenvalue weighted by atomic mass is 10.0. The van der Waals surface area contributed by atoms with E-state index in [2.05, 4.69) is 31.6 Å². The maximum Gasteiger partial charge on any atom is 0.255 e. The van der Waals surface area contributed by atoms with Gasteiger partial charge >= 0.3 is 0 Å². The number of fused-ring (bicyclic) bond motifs is 1. The van der Waals surface area contributed by atoms with E-state index in [1.807, 2.05) is 0 Å². The van der Waals surface area contributed by atoms with Crippen LogP contribution in [0.1, 0.15) is 40.9 Å². The van der Waals surface area contributed by atoms with Crippen molar-refractivity contribution < 1.29 is 24.0 Å². The van der Waals surface area contributed by atoms with Crippen LogP contribution in [-0.2, 0) is 38.8 Å². The van der Waals surface area contributed by atoms with Gasteiger partial charge in [-0.1, -0.05) is 11.3 Å². The van der Waals surface area contributed by atoms with Crippen LogP contribution < -0.4 is 21.3 Å². The molecular weight excluding hydrogens is 456 g/mol. The summed E-state index contributed by atoms with van der Waals surface area (Å²) in [5.74, 6) is -1.31. The summed E-state index contributed by atoms with van der Waals surface area (Å²) in [4.78, 5) is 60.8. The summed E-state index contributed by atoms with van der Waals surface area (Å²) in [6.45, 7) is 2.08. The van der Waals surface area contributed by atoms with Gasteiger partial charge in [-0.25, -0.2) is 0 Å². The van der Waals surface area contributed by atoms with Gasteiger partial charge in [-0.15, -0.1) is 5.10 Å². The van der Waals surface area contributed by atoms with Crippen LogP contribution in [0.25, 0.3) is 0 Å². The molecule has 4 rings (SSSR count). The predicted molar refractivity (Wildman–Crippen MR) is 122 cm³/mol. The number of nitrogens with zero attached hydrogens (tertiary/aromatic N) is 4. The fraction of sp³-hybridized carbons (Fsp3) is 0.409. The minimum absolute atomic E-state index is 0.183. The number of carbonyl (C=O) groups excluding carboxylic acids is 5. The highest BCUT2D eigenvalue weighted by atomic mass is 16.2. The van der Waals surface area contributed by atoms with E-state index < -0.39 is 11.9 Å². The Kier molecular flexibility index (Phi) is 7.45. The molecule has 1 atom stereocenters. The molecule has 1 saturated heterocycles. The van der Waals surface area contributed by atoms with E-state index in [-0.39, 0.29) is 43.5 Å². The van der Waals surface area contributed by atoms with Gasteiger partial charge in [0.25, 0.3) is 5.91 Å². The highest BCUT2D eigenvalue weighted by molar-refractivity contribution is 6.06. The fourth-order valence-electron chi connectivity index (χ4n) is 4.11. The van der Waals surface area contributed by atoms with E-state index in [4.69, 9.17) is 0 Å². The van der Waals surface area contributed by atoms with Gasteiger partial charge in [0.05, 0.1) is 19.3 Å². The van der Waals surface area contributed by atoms with Gasteiger partial charge in [-0.3, -0.25) is 34.0 Å². The summed E-state index contributed by atoms with van der Waals surface area (Å²) in [5, 5.41) is 18.7. The third-order valence-electron chi connectivity index (χ3n) is 5.86. The average Bonchev–Trinajstić information content (AvgIpc) is 3.42. The predicted octanol–water partition coefficient (Wildman–Crippen LogP) is -1.10. The van der Waals surface area contributed by atoms with Gasteiger partial charge in [0.15, 0.2) is 0 Å². The number of anilines is 1. The van der Waals surface area contributed by atoms with E-state index >= 15 is 0 Å². The van der Waals surface area contributed by atoms with Crippen LogP contribution in [0.4, 0.5) is 5.69 Å². The zero-order chi connectivity index (χ0) is 24.8. The number of hydrogen-bond donors (Lipinski definition) is 4. The molecule has 0 bridgehead atoms. The quantitative estimate of drug-likeness (QED) is 0.178. The smallest absolute Gasteiger partial charge is 0.255 e. The Balaban J connectivity index is 1.25. The monoisotopic (exact) mass is 482 g/mol. The Morgan fingerprint density at radius 3 is 2.89 bits per heavy atom. The average molecular weight is 483 g/mol. The summed E-state index contributed by atoms with van der Waals surface area (Å²) in [5.41, 5.74) is 2.30. The Hall–Kier alpha value is -4.13. The van der Waals surface area contributed by atoms with E-state index in [1.165, 1.54) is 4.90 Å². The van der Waals surface area contributed by atoms with Gasteiger partial charge in [-0.2, -0.15) is 0 Å². The lowest BCUT2D eigenvalue weighted by molar-refractivity contribution is -0.137. The van der Waals surface area contributed by atoms with Gasteiger partial charge in [0, 0.05) is 49.3 Å². The second-order valence-corrected chi connectivity index (χ2v) is 8.25. The second-order valence-electron chi connectivity index (χ2n) is 8.25. The van der Waals surface area contributed by atoms with E-state index in [0.717, 1.165) is 0 Å². The molecule has 13 nitrogen and oxygen atoms in total. The van der Waals surface area contributed by atoms with Crippen molar-refractivity contribution in [3.8, 4) is 0 Å². The van der Waals surface area contributed by atoms with E-state index in [9.17, 15) is 24.0 Å². The molecule has 0 saturated carbocycles. The maximum atomic E-state index is 12.9. The molecule has 1 aromatic carbocycles. The zero-order valence-electron chi connectivity index (χ0n) is 19.0. The van der Waals surface area contributed by atoms with Crippen molar-refractivity contribution in [2.24, 2.45) is 0 Å². The Morgan fingerprint density at radius 1 is 1.23 bits per heavy atom. The van der Waals surface area contributed by atoms with Crippen molar-refractivity contribution in [3.05, 3.63) is 41.2 Å². The highest BCUT2D eigenvalue weighted by Gasteiger charge is 2.39. The van der Waals surface area contributed by atoms with Crippen molar-refractivity contribution in [2.45, 2.75) is 44.9 Å². The number of piperidine rings is 1. The first-order valence-corrected chi connectivity index (χ1v) is 11.3. The SMILES string of the molecule is O=CNCc1cn(CCNCCC(=O)Nc2cccc3c2CN(C2CCC(=O)NC2=O)C3=O)nn1. The van der Waals surface area contributed by atoms with Gasteiger partial charge in [-0.05, 0) is 18.6 Å². The molecule has 4 N–H and O–H groups in total. The number of nitrogens with one attached hydrogen (secondary N) is 4. The summed E-state index contributed by atoms with van der Waals surface area (Å²) in [7, 11) is 0. The number of aromatic nitrogens is 3. The zero-order valence-corrected chi connectivity index (χ0v) is 19.0. The van der Waals surface area contributed by atoms with Crippen molar-refractivity contribution in [3.63, 3.8) is 0 Å². The molecule has 5 amide bonds. The Labute approximate surface area is 200 Å². The molecule has 13 heteroatoms. The number of hydrogen-bond acceptors (Lipinski definition) is 8. The number of carbonyl (C=O) groups is 5. The Bertz CT molecular complexity index is 1150. The van der Waals surface area contributed by atoms with E-state index in [1.54, 1.807) is 29.1 Å². The van der Waals surface area contributed by atoms with Crippen LogP contribution in [0.2, 0.25) is 0 Å². The highest BCUT2D eigenvalue weighted by Crippen LogP contribution is 2.32. The molecule has 0 radical (unpaired) electrons. The van der Waals surface area contributed by atoms with Gasteiger partial charge < -0.3 is 20.9 Å². The van der Waals surface area contributed by atoms with Crippen LogP contribution >= 0.6 is 0 Å². The lowest BCUT2D eigenvalue weighted by Crippen LogP contribution is -2.52. The molecule has 1 aromatic heterocycles. The fourth-order valence-corrected chi connectivity index (χ4v) is 4.11. The summed E-state index contributed by atoms with van der Waals surface area (Å²) in [6, 6.07) is 4.39. The number of benzene rings is 1. The first-order chi connectivity index (χ1) is 17.0. The van der Waals surface area contributed by atoms with Gasteiger partial charge in [0.2, 0.25) is 24.1 Å². The summed E-state index contributed by atoms with van der Waals surface area (Å²) >= 11 is 0. The molecule has 1 unspecified atom stereocenters. The third kappa shape index (κ3) is 5.69.